The number of unbranched alkanes of at least 4 members (excludes halogenated alkanes) is 19. The third-order valence-corrected chi connectivity index (χ3v) is 10.1. The van der Waals surface area contributed by atoms with Crippen molar-refractivity contribution in [2.24, 2.45) is 23.7 Å². The number of hydrogen-bond acceptors (Lipinski definition) is 0. The Hall–Kier alpha value is 0. The fraction of sp³-hybridized carbons (Fsp3) is 1.00. The minimum atomic E-state index is 1.06. The SMILES string of the molecule is CCCCCCCCCC1CCC(CCCCCC)C(CCCCCCCC)C1CCCCCCCC. The summed E-state index contributed by atoms with van der Waals surface area (Å²) in [7, 11) is 0. The Kier molecular flexibility index (Phi) is 24.8. The van der Waals surface area contributed by atoms with Gasteiger partial charge in [-0.2, -0.15) is 0 Å². The summed E-state index contributed by atoms with van der Waals surface area (Å²) in [5, 5.41) is 0. The molecular weight excluding hydrogens is 444 g/mol. The van der Waals surface area contributed by atoms with E-state index in [-0.39, 0.29) is 0 Å². The second-order valence-corrected chi connectivity index (χ2v) is 13.3. The van der Waals surface area contributed by atoms with E-state index in [1.807, 2.05) is 0 Å². The molecule has 1 aliphatic rings. The highest BCUT2D eigenvalue weighted by molar-refractivity contribution is 4.88. The van der Waals surface area contributed by atoms with Crippen LogP contribution >= 0.6 is 0 Å². The topological polar surface area (TPSA) is 0 Å². The predicted octanol–water partition coefficient (Wildman–Crippen LogP) is 13.9. The van der Waals surface area contributed by atoms with Gasteiger partial charge in [0.2, 0.25) is 0 Å². The Morgan fingerprint density at radius 3 is 0.865 bits per heavy atom. The van der Waals surface area contributed by atoms with Crippen LogP contribution in [0.3, 0.4) is 0 Å². The van der Waals surface area contributed by atoms with Gasteiger partial charge in [-0.15, -0.1) is 0 Å². The van der Waals surface area contributed by atoms with Crippen LogP contribution in [0.25, 0.3) is 0 Å². The summed E-state index contributed by atoms with van der Waals surface area (Å²) in [6.07, 6.45) is 43.2. The van der Waals surface area contributed by atoms with Crippen molar-refractivity contribution < 1.29 is 0 Å². The van der Waals surface area contributed by atoms with E-state index in [1.54, 1.807) is 38.5 Å². The van der Waals surface area contributed by atoms with E-state index < -0.39 is 0 Å². The summed E-state index contributed by atoms with van der Waals surface area (Å²) in [5.74, 6) is 4.24. The molecular formula is C37H74. The minimum absolute atomic E-state index is 1.06. The zero-order chi connectivity index (χ0) is 26.8. The van der Waals surface area contributed by atoms with E-state index in [2.05, 4.69) is 27.7 Å². The zero-order valence-corrected chi connectivity index (χ0v) is 26.8. The number of hydrogen-bond donors (Lipinski definition) is 0. The standard InChI is InChI=1S/C37H74/c1-5-9-13-17-20-21-25-29-35-33-32-34(28-24-16-12-8-4)36(30-26-22-18-14-10-6-2)37(35)31-27-23-19-15-11-7-3/h34-37H,5-33H2,1-4H3. The molecule has 0 radical (unpaired) electrons. The summed E-state index contributed by atoms with van der Waals surface area (Å²) in [6, 6.07) is 0. The van der Waals surface area contributed by atoms with Crippen LogP contribution in [0.4, 0.5) is 0 Å². The molecule has 0 aromatic carbocycles. The van der Waals surface area contributed by atoms with Crippen LogP contribution in [0.1, 0.15) is 214 Å². The molecule has 0 amide bonds. The van der Waals surface area contributed by atoms with Crippen LogP contribution in [0.2, 0.25) is 0 Å². The Morgan fingerprint density at radius 2 is 0.541 bits per heavy atom. The maximum Gasteiger partial charge on any atom is -0.0355 e. The average molecular weight is 519 g/mol. The van der Waals surface area contributed by atoms with Crippen molar-refractivity contribution >= 4 is 0 Å². The van der Waals surface area contributed by atoms with Gasteiger partial charge in [-0.05, 0) is 49.4 Å². The van der Waals surface area contributed by atoms with E-state index >= 15 is 0 Å². The maximum absolute atomic E-state index is 2.37. The van der Waals surface area contributed by atoms with Gasteiger partial charge in [0.1, 0.15) is 0 Å². The molecule has 0 heterocycles. The molecule has 4 unspecified atom stereocenters. The van der Waals surface area contributed by atoms with Gasteiger partial charge in [0.25, 0.3) is 0 Å². The summed E-state index contributed by atoms with van der Waals surface area (Å²) < 4.78 is 0. The first-order valence-electron chi connectivity index (χ1n) is 18.3. The highest BCUT2D eigenvalue weighted by atomic mass is 14.4. The summed E-state index contributed by atoms with van der Waals surface area (Å²) in [4.78, 5) is 0. The lowest BCUT2D eigenvalue weighted by molar-refractivity contribution is 0.0581. The maximum atomic E-state index is 2.37. The predicted molar refractivity (Wildman–Crippen MR) is 171 cm³/mol. The molecule has 0 bridgehead atoms. The molecule has 222 valence electrons. The van der Waals surface area contributed by atoms with Crippen molar-refractivity contribution in [3.63, 3.8) is 0 Å². The molecule has 0 aromatic rings. The Morgan fingerprint density at radius 1 is 0.297 bits per heavy atom. The van der Waals surface area contributed by atoms with E-state index in [0.717, 1.165) is 23.7 Å². The third kappa shape index (κ3) is 18.1. The van der Waals surface area contributed by atoms with E-state index in [9.17, 15) is 0 Å². The molecule has 0 spiro atoms. The molecule has 1 aliphatic carbocycles. The average Bonchev–Trinajstić information content (AvgIpc) is 2.91. The molecule has 0 N–H and O–H groups in total. The smallest absolute Gasteiger partial charge is 0.0355 e. The lowest BCUT2D eigenvalue weighted by Gasteiger charge is -2.44. The van der Waals surface area contributed by atoms with Crippen molar-refractivity contribution in [3.8, 4) is 0 Å². The van der Waals surface area contributed by atoms with Gasteiger partial charge in [0.05, 0.1) is 0 Å². The molecule has 4 atom stereocenters. The van der Waals surface area contributed by atoms with Crippen LogP contribution in [0, 0.1) is 23.7 Å². The van der Waals surface area contributed by atoms with Gasteiger partial charge in [-0.1, -0.05) is 188 Å². The molecule has 1 fully saturated rings. The van der Waals surface area contributed by atoms with Crippen molar-refractivity contribution in [2.45, 2.75) is 214 Å². The second-order valence-electron chi connectivity index (χ2n) is 13.3. The van der Waals surface area contributed by atoms with E-state index in [1.165, 1.54) is 148 Å². The fourth-order valence-corrected chi connectivity index (χ4v) is 7.69. The molecule has 1 saturated carbocycles. The lowest BCUT2D eigenvalue weighted by Crippen LogP contribution is -2.35. The normalized spacial score (nSPS) is 22.1. The van der Waals surface area contributed by atoms with Gasteiger partial charge < -0.3 is 0 Å². The highest BCUT2D eigenvalue weighted by Gasteiger charge is 2.37. The summed E-state index contributed by atoms with van der Waals surface area (Å²) in [5.41, 5.74) is 0. The van der Waals surface area contributed by atoms with E-state index in [0.29, 0.717) is 0 Å². The van der Waals surface area contributed by atoms with Crippen LogP contribution < -0.4 is 0 Å². The fourth-order valence-electron chi connectivity index (χ4n) is 7.69. The molecule has 37 heavy (non-hydrogen) atoms. The van der Waals surface area contributed by atoms with Crippen LogP contribution in [-0.4, -0.2) is 0 Å². The first-order chi connectivity index (χ1) is 18.3. The first kappa shape index (κ1) is 35.0. The molecule has 0 saturated heterocycles. The van der Waals surface area contributed by atoms with Crippen molar-refractivity contribution in [1.82, 2.24) is 0 Å². The van der Waals surface area contributed by atoms with Crippen molar-refractivity contribution in [3.05, 3.63) is 0 Å². The second kappa shape index (κ2) is 26.2. The molecule has 0 aromatic heterocycles. The zero-order valence-electron chi connectivity index (χ0n) is 26.8. The first-order valence-corrected chi connectivity index (χ1v) is 18.3. The van der Waals surface area contributed by atoms with Crippen molar-refractivity contribution in [2.75, 3.05) is 0 Å². The molecule has 0 nitrogen and oxygen atoms in total. The van der Waals surface area contributed by atoms with Crippen molar-refractivity contribution in [1.29, 1.82) is 0 Å². The molecule has 1 rings (SSSR count). The largest absolute Gasteiger partial charge is 0.0654 e. The van der Waals surface area contributed by atoms with Gasteiger partial charge in [0.15, 0.2) is 0 Å². The van der Waals surface area contributed by atoms with Gasteiger partial charge in [0, 0.05) is 0 Å². The third-order valence-electron chi connectivity index (χ3n) is 10.1. The number of rotatable bonds is 27. The highest BCUT2D eigenvalue weighted by Crippen LogP contribution is 2.47. The minimum Gasteiger partial charge on any atom is -0.0654 e. The molecule has 0 aliphatic heterocycles. The summed E-state index contributed by atoms with van der Waals surface area (Å²) >= 11 is 0. The monoisotopic (exact) mass is 519 g/mol. The van der Waals surface area contributed by atoms with E-state index in [4.69, 9.17) is 0 Å². The van der Waals surface area contributed by atoms with Gasteiger partial charge >= 0.3 is 0 Å². The lowest BCUT2D eigenvalue weighted by atomic mass is 9.61. The van der Waals surface area contributed by atoms with Crippen LogP contribution in [0.5, 0.6) is 0 Å². The van der Waals surface area contributed by atoms with Crippen LogP contribution in [-0.2, 0) is 0 Å². The van der Waals surface area contributed by atoms with Crippen LogP contribution in [0.15, 0.2) is 0 Å². The van der Waals surface area contributed by atoms with Gasteiger partial charge in [-0.25, -0.2) is 0 Å². The Balaban J connectivity index is 2.70. The molecule has 0 heteroatoms. The summed E-state index contributed by atoms with van der Waals surface area (Å²) in [6.45, 7) is 9.41. The Bertz CT molecular complexity index is 437. The van der Waals surface area contributed by atoms with Gasteiger partial charge in [-0.3, -0.25) is 0 Å². The Labute approximate surface area is 237 Å². The quantitative estimate of drug-likeness (QED) is 0.0948.